The second-order valence-electron chi connectivity index (χ2n) is 7.64. The zero-order valence-electron chi connectivity index (χ0n) is 18.0. The zero-order valence-corrected chi connectivity index (χ0v) is 18.8. The molecule has 0 aliphatic carbocycles. The number of hydrogen-bond donors (Lipinski definition) is 1. The van der Waals surface area contributed by atoms with E-state index in [0.717, 1.165) is 24.9 Å². The molecule has 1 fully saturated rings. The van der Waals surface area contributed by atoms with E-state index >= 15 is 0 Å². The molecule has 0 unspecified atom stereocenters. The SMILES string of the molecule is Cc1cc(NC(=O)[C@@H](C)Sc2nnc(CN3CCCCCC3=O)n2-c2cccnc2)no1. The van der Waals surface area contributed by atoms with Gasteiger partial charge in [0.1, 0.15) is 5.76 Å². The number of likely N-dealkylation sites (tertiary alicyclic amines) is 1. The van der Waals surface area contributed by atoms with Crippen molar-refractivity contribution in [3.63, 3.8) is 0 Å². The predicted molar refractivity (Wildman–Crippen MR) is 118 cm³/mol. The molecule has 0 radical (unpaired) electrons. The Hall–Kier alpha value is -3.21. The monoisotopic (exact) mass is 455 g/mol. The molecule has 4 heterocycles. The number of amides is 2. The van der Waals surface area contributed by atoms with Gasteiger partial charge in [-0.3, -0.25) is 19.1 Å². The molecule has 1 saturated heterocycles. The minimum atomic E-state index is -0.473. The summed E-state index contributed by atoms with van der Waals surface area (Å²) in [6.07, 6.45) is 6.91. The van der Waals surface area contributed by atoms with Crippen LogP contribution < -0.4 is 5.32 Å². The molecule has 1 aliphatic rings. The molecule has 0 saturated carbocycles. The first kappa shape index (κ1) is 22.0. The number of nitrogens with one attached hydrogen (secondary N) is 1. The molecule has 3 aromatic heterocycles. The Morgan fingerprint density at radius 1 is 1.31 bits per heavy atom. The molecule has 4 rings (SSSR count). The van der Waals surface area contributed by atoms with E-state index in [1.54, 1.807) is 32.3 Å². The third kappa shape index (κ3) is 5.16. The summed E-state index contributed by atoms with van der Waals surface area (Å²) >= 11 is 1.27. The van der Waals surface area contributed by atoms with E-state index in [1.807, 2.05) is 21.6 Å². The molecule has 1 N–H and O–H groups in total. The van der Waals surface area contributed by atoms with Crippen LogP contribution in [0.1, 0.15) is 44.2 Å². The first-order valence-electron chi connectivity index (χ1n) is 10.5. The quantitative estimate of drug-likeness (QED) is 0.540. The second-order valence-corrected chi connectivity index (χ2v) is 8.95. The zero-order chi connectivity index (χ0) is 22.5. The van der Waals surface area contributed by atoms with Gasteiger partial charge in [0.05, 0.1) is 23.7 Å². The topological polar surface area (TPSA) is 119 Å². The third-order valence-corrected chi connectivity index (χ3v) is 6.18. The summed E-state index contributed by atoms with van der Waals surface area (Å²) < 4.78 is 6.86. The highest BCUT2D eigenvalue weighted by molar-refractivity contribution is 8.00. The van der Waals surface area contributed by atoms with Gasteiger partial charge in [-0.05, 0) is 38.8 Å². The van der Waals surface area contributed by atoms with Crippen molar-refractivity contribution < 1.29 is 14.1 Å². The average molecular weight is 456 g/mol. The van der Waals surface area contributed by atoms with Crippen molar-refractivity contribution in [2.75, 3.05) is 11.9 Å². The van der Waals surface area contributed by atoms with E-state index < -0.39 is 5.25 Å². The number of anilines is 1. The Bertz CT molecular complexity index is 1080. The van der Waals surface area contributed by atoms with Crippen molar-refractivity contribution in [3.05, 3.63) is 42.2 Å². The van der Waals surface area contributed by atoms with Crippen LogP contribution in [0.5, 0.6) is 0 Å². The van der Waals surface area contributed by atoms with Crippen LogP contribution in [0.3, 0.4) is 0 Å². The van der Waals surface area contributed by atoms with Gasteiger partial charge in [-0.2, -0.15) is 0 Å². The molecule has 10 nitrogen and oxygen atoms in total. The molecule has 0 spiro atoms. The number of aromatic nitrogens is 5. The van der Waals surface area contributed by atoms with Crippen molar-refractivity contribution in [1.82, 2.24) is 29.8 Å². The lowest BCUT2D eigenvalue weighted by Gasteiger charge is -2.20. The van der Waals surface area contributed by atoms with Crippen LogP contribution in [0.2, 0.25) is 0 Å². The minimum absolute atomic E-state index is 0.132. The van der Waals surface area contributed by atoms with Gasteiger partial charge in [0.15, 0.2) is 16.8 Å². The summed E-state index contributed by atoms with van der Waals surface area (Å²) in [6, 6.07) is 5.38. The Morgan fingerprint density at radius 2 is 2.19 bits per heavy atom. The lowest BCUT2D eigenvalue weighted by Crippen LogP contribution is -2.31. The normalized spacial score (nSPS) is 15.4. The summed E-state index contributed by atoms with van der Waals surface area (Å²) in [6.45, 7) is 4.61. The molecule has 32 heavy (non-hydrogen) atoms. The minimum Gasteiger partial charge on any atom is -0.360 e. The van der Waals surface area contributed by atoms with Gasteiger partial charge >= 0.3 is 0 Å². The summed E-state index contributed by atoms with van der Waals surface area (Å²) in [5.74, 6) is 1.52. The first-order chi connectivity index (χ1) is 15.5. The van der Waals surface area contributed by atoms with Gasteiger partial charge in [0, 0.05) is 25.2 Å². The summed E-state index contributed by atoms with van der Waals surface area (Å²) in [4.78, 5) is 31.2. The van der Waals surface area contributed by atoms with E-state index in [-0.39, 0.29) is 11.8 Å². The fourth-order valence-corrected chi connectivity index (χ4v) is 4.35. The Kier molecular flexibility index (Phi) is 6.84. The molecular weight excluding hydrogens is 430 g/mol. The Balaban J connectivity index is 1.56. The first-order valence-corrected chi connectivity index (χ1v) is 11.4. The van der Waals surface area contributed by atoms with Gasteiger partial charge in [-0.25, -0.2) is 0 Å². The maximum atomic E-state index is 12.6. The van der Waals surface area contributed by atoms with Crippen molar-refractivity contribution in [2.45, 2.75) is 56.5 Å². The van der Waals surface area contributed by atoms with Gasteiger partial charge in [-0.1, -0.05) is 23.3 Å². The van der Waals surface area contributed by atoms with Crippen molar-refractivity contribution >= 4 is 29.4 Å². The van der Waals surface area contributed by atoms with Crippen molar-refractivity contribution in [2.24, 2.45) is 0 Å². The molecule has 168 valence electrons. The van der Waals surface area contributed by atoms with Gasteiger partial charge in [-0.15, -0.1) is 10.2 Å². The number of thioether (sulfide) groups is 1. The van der Waals surface area contributed by atoms with Crippen LogP contribution in [0.15, 0.2) is 40.3 Å². The largest absolute Gasteiger partial charge is 0.360 e. The van der Waals surface area contributed by atoms with Crippen LogP contribution in [0.25, 0.3) is 5.69 Å². The maximum absolute atomic E-state index is 12.6. The average Bonchev–Trinajstić information content (AvgIpc) is 3.31. The van der Waals surface area contributed by atoms with Crippen molar-refractivity contribution in [3.8, 4) is 5.69 Å². The summed E-state index contributed by atoms with van der Waals surface area (Å²) in [5.41, 5.74) is 0.775. The highest BCUT2D eigenvalue weighted by Gasteiger charge is 2.25. The molecule has 1 atom stereocenters. The molecule has 3 aromatic rings. The number of pyridine rings is 1. The lowest BCUT2D eigenvalue weighted by molar-refractivity contribution is -0.131. The van der Waals surface area contributed by atoms with Crippen molar-refractivity contribution in [1.29, 1.82) is 0 Å². The smallest absolute Gasteiger partial charge is 0.238 e. The number of carbonyl (C=O) groups is 2. The Labute approximate surface area is 189 Å². The number of nitrogens with zero attached hydrogens (tertiary/aromatic N) is 6. The molecule has 0 aromatic carbocycles. The van der Waals surface area contributed by atoms with Gasteiger partial charge in [0.2, 0.25) is 11.8 Å². The van der Waals surface area contributed by atoms with Crippen LogP contribution in [0, 0.1) is 6.92 Å². The molecule has 11 heteroatoms. The standard InChI is InChI=1S/C21H25N7O3S/c1-14-11-17(26-31-14)23-20(30)15(2)32-21-25-24-18(28(21)16-7-6-9-22-12-16)13-27-10-5-3-4-8-19(27)29/h6-7,9,11-12,15H,3-5,8,10,13H2,1-2H3,(H,23,26,30)/t15-/m1/s1. The Morgan fingerprint density at radius 3 is 2.94 bits per heavy atom. The highest BCUT2D eigenvalue weighted by Crippen LogP contribution is 2.27. The van der Waals surface area contributed by atoms with Crippen LogP contribution in [-0.4, -0.2) is 53.4 Å². The fourth-order valence-electron chi connectivity index (χ4n) is 3.47. The molecule has 1 aliphatic heterocycles. The number of aryl methyl sites for hydroxylation is 1. The van der Waals surface area contributed by atoms with E-state index in [1.165, 1.54) is 11.8 Å². The van der Waals surface area contributed by atoms with E-state index in [0.29, 0.717) is 42.1 Å². The number of rotatable bonds is 7. The van der Waals surface area contributed by atoms with E-state index in [4.69, 9.17) is 4.52 Å². The summed E-state index contributed by atoms with van der Waals surface area (Å²) in [5, 5.41) is 15.3. The van der Waals surface area contributed by atoms with Crippen LogP contribution >= 0.6 is 11.8 Å². The second kappa shape index (κ2) is 9.94. The van der Waals surface area contributed by atoms with E-state index in [9.17, 15) is 9.59 Å². The molecule has 2 amide bonds. The maximum Gasteiger partial charge on any atom is 0.238 e. The van der Waals surface area contributed by atoms with Gasteiger partial charge < -0.3 is 14.7 Å². The lowest BCUT2D eigenvalue weighted by atomic mass is 10.2. The highest BCUT2D eigenvalue weighted by atomic mass is 32.2. The predicted octanol–water partition coefficient (Wildman–Crippen LogP) is 2.98. The molecule has 0 bridgehead atoms. The fraction of sp³-hybridized carbons (Fsp3) is 0.429. The number of hydrogen-bond acceptors (Lipinski definition) is 8. The molecular formula is C21H25N7O3S. The van der Waals surface area contributed by atoms with E-state index in [2.05, 4.69) is 25.7 Å². The van der Waals surface area contributed by atoms with Crippen LogP contribution in [0.4, 0.5) is 5.82 Å². The summed E-state index contributed by atoms with van der Waals surface area (Å²) in [7, 11) is 0. The van der Waals surface area contributed by atoms with Gasteiger partial charge in [0.25, 0.3) is 0 Å². The third-order valence-electron chi connectivity index (χ3n) is 5.14. The van der Waals surface area contributed by atoms with Crippen LogP contribution in [-0.2, 0) is 16.1 Å². The number of carbonyl (C=O) groups excluding carboxylic acids is 2.